The van der Waals surface area contributed by atoms with Gasteiger partial charge in [-0.1, -0.05) is 6.07 Å². The van der Waals surface area contributed by atoms with Crippen LogP contribution in [0.4, 0.5) is 0 Å². The molecular formula is C16H21N3O2. The normalized spacial score (nSPS) is 10.5. The van der Waals surface area contributed by atoms with Crippen LogP contribution in [0.25, 0.3) is 0 Å². The van der Waals surface area contributed by atoms with Crippen LogP contribution in [0.1, 0.15) is 28.5 Å². The second kappa shape index (κ2) is 6.43. The Morgan fingerprint density at radius 1 is 1.43 bits per heavy atom. The van der Waals surface area contributed by atoms with Crippen molar-refractivity contribution >= 4 is 5.91 Å². The number of carbonyl (C=O) groups excluding carboxylic acids is 1. The van der Waals surface area contributed by atoms with E-state index in [0.29, 0.717) is 24.5 Å². The van der Waals surface area contributed by atoms with E-state index in [1.807, 2.05) is 39.2 Å². The highest BCUT2D eigenvalue weighted by Gasteiger charge is 2.14. The van der Waals surface area contributed by atoms with Crippen molar-refractivity contribution in [2.45, 2.75) is 20.4 Å². The Hall–Kier alpha value is -2.30. The summed E-state index contributed by atoms with van der Waals surface area (Å²) in [5.74, 6) is 0.689. The molecule has 112 valence electrons. The van der Waals surface area contributed by atoms with Gasteiger partial charge < -0.3 is 9.64 Å². The van der Waals surface area contributed by atoms with Gasteiger partial charge in [-0.25, -0.2) is 0 Å². The summed E-state index contributed by atoms with van der Waals surface area (Å²) in [6.07, 6.45) is 1.94. The molecule has 2 rings (SSSR count). The first-order chi connectivity index (χ1) is 10.0. The van der Waals surface area contributed by atoms with Gasteiger partial charge in [0.05, 0.1) is 12.3 Å². The topological polar surface area (TPSA) is 47.4 Å². The van der Waals surface area contributed by atoms with Gasteiger partial charge in [-0.2, -0.15) is 5.10 Å². The molecule has 0 bridgehead atoms. The van der Waals surface area contributed by atoms with Crippen molar-refractivity contribution in [3.63, 3.8) is 0 Å². The van der Waals surface area contributed by atoms with E-state index in [4.69, 9.17) is 4.74 Å². The van der Waals surface area contributed by atoms with Crippen LogP contribution in [0.5, 0.6) is 5.75 Å². The predicted molar refractivity (Wildman–Crippen MR) is 81.4 cm³/mol. The smallest absolute Gasteiger partial charge is 0.254 e. The van der Waals surface area contributed by atoms with Crippen molar-refractivity contribution in [1.82, 2.24) is 14.7 Å². The zero-order chi connectivity index (χ0) is 15.4. The minimum Gasteiger partial charge on any atom is -0.494 e. The molecule has 0 atom stereocenters. The Morgan fingerprint density at radius 2 is 2.19 bits per heavy atom. The number of hydrogen-bond donors (Lipinski definition) is 0. The molecule has 0 N–H and O–H groups in total. The molecule has 0 radical (unpaired) electrons. The van der Waals surface area contributed by atoms with Crippen molar-refractivity contribution in [3.8, 4) is 5.75 Å². The van der Waals surface area contributed by atoms with Crippen molar-refractivity contribution in [2.24, 2.45) is 7.05 Å². The van der Waals surface area contributed by atoms with Crippen LogP contribution in [-0.4, -0.2) is 34.2 Å². The molecule has 0 saturated carbocycles. The number of rotatable bonds is 5. The van der Waals surface area contributed by atoms with E-state index >= 15 is 0 Å². The molecule has 5 nitrogen and oxygen atoms in total. The number of aryl methyl sites for hydroxylation is 2. The number of benzene rings is 1. The second-order valence-electron chi connectivity index (χ2n) is 5.04. The maximum atomic E-state index is 12.5. The molecule has 0 aliphatic rings. The van der Waals surface area contributed by atoms with Gasteiger partial charge in [-0.05, 0) is 32.0 Å². The Morgan fingerprint density at radius 3 is 2.81 bits per heavy atom. The van der Waals surface area contributed by atoms with Gasteiger partial charge in [0, 0.05) is 38.0 Å². The lowest BCUT2D eigenvalue weighted by molar-refractivity contribution is 0.0784. The van der Waals surface area contributed by atoms with Gasteiger partial charge in [-0.15, -0.1) is 0 Å². The minimum absolute atomic E-state index is 0.0280. The molecule has 5 heteroatoms. The van der Waals surface area contributed by atoms with Crippen LogP contribution in [0.3, 0.4) is 0 Å². The van der Waals surface area contributed by atoms with E-state index in [0.717, 1.165) is 11.3 Å². The van der Waals surface area contributed by atoms with Crippen molar-refractivity contribution < 1.29 is 9.53 Å². The monoisotopic (exact) mass is 287 g/mol. The fourth-order valence-corrected chi connectivity index (χ4v) is 2.24. The summed E-state index contributed by atoms with van der Waals surface area (Å²) in [5.41, 5.74) is 2.62. The standard InChI is InChI=1S/C16H21N3O2/c1-5-21-15-8-6-7-13(9-15)16(20)18(3)10-14-11-19(4)17-12(14)2/h6-9,11H,5,10H2,1-4H3. The number of ether oxygens (including phenoxy) is 1. The maximum absolute atomic E-state index is 12.5. The molecule has 1 amide bonds. The van der Waals surface area contributed by atoms with E-state index in [2.05, 4.69) is 5.10 Å². The largest absolute Gasteiger partial charge is 0.494 e. The maximum Gasteiger partial charge on any atom is 0.254 e. The number of carbonyl (C=O) groups is 1. The van der Waals surface area contributed by atoms with Gasteiger partial charge in [-0.3, -0.25) is 9.48 Å². The van der Waals surface area contributed by atoms with E-state index in [-0.39, 0.29) is 5.91 Å². The molecule has 0 unspecified atom stereocenters. The summed E-state index contributed by atoms with van der Waals surface area (Å²) < 4.78 is 7.20. The fourth-order valence-electron chi connectivity index (χ4n) is 2.24. The van der Waals surface area contributed by atoms with E-state index in [1.165, 1.54) is 0 Å². The molecular weight excluding hydrogens is 266 g/mol. The fraction of sp³-hybridized carbons (Fsp3) is 0.375. The molecule has 0 saturated heterocycles. The quantitative estimate of drug-likeness (QED) is 0.848. The minimum atomic E-state index is -0.0280. The summed E-state index contributed by atoms with van der Waals surface area (Å²) in [4.78, 5) is 14.2. The summed E-state index contributed by atoms with van der Waals surface area (Å²) in [6.45, 7) is 4.99. The number of hydrogen-bond acceptors (Lipinski definition) is 3. The SMILES string of the molecule is CCOc1cccc(C(=O)N(C)Cc2cn(C)nc2C)c1. The van der Waals surface area contributed by atoms with Gasteiger partial charge >= 0.3 is 0 Å². The molecule has 0 aliphatic heterocycles. The van der Waals surface area contributed by atoms with Crippen molar-refractivity contribution in [2.75, 3.05) is 13.7 Å². The van der Waals surface area contributed by atoms with Crippen LogP contribution < -0.4 is 4.74 Å². The zero-order valence-corrected chi connectivity index (χ0v) is 13.0. The van der Waals surface area contributed by atoms with Crippen LogP contribution in [-0.2, 0) is 13.6 Å². The Bertz CT molecular complexity index is 634. The van der Waals surface area contributed by atoms with E-state index < -0.39 is 0 Å². The second-order valence-corrected chi connectivity index (χ2v) is 5.04. The predicted octanol–water partition coefficient (Wildman–Crippen LogP) is 2.40. The first kappa shape index (κ1) is 15.1. The van der Waals surface area contributed by atoms with Crippen LogP contribution in [0.15, 0.2) is 30.5 Å². The van der Waals surface area contributed by atoms with Crippen LogP contribution >= 0.6 is 0 Å². The first-order valence-corrected chi connectivity index (χ1v) is 6.98. The molecule has 1 aromatic carbocycles. The third-order valence-corrected chi connectivity index (χ3v) is 3.26. The molecule has 0 spiro atoms. The molecule has 1 aromatic heterocycles. The first-order valence-electron chi connectivity index (χ1n) is 6.98. The zero-order valence-electron chi connectivity index (χ0n) is 13.0. The van der Waals surface area contributed by atoms with Gasteiger partial charge in [0.15, 0.2) is 0 Å². The summed E-state index contributed by atoms with van der Waals surface area (Å²) in [6, 6.07) is 7.27. The lowest BCUT2D eigenvalue weighted by Gasteiger charge is -2.17. The highest BCUT2D eigenvalue weighted by atomic mass is 16.5. The van der Waals surface area contributed by atoms with Crippen LogP contribution in [0.2, 0.25) is 0 Å². The Balaban J connectivity index is 2.11. The Kier molecular flexibility index (Phi) is 4.62. The van der Waals surface area contributed by atoms with E-state index in [1.54, 1.807) is 28.8 Å². The van der Waals surface area contributed by atoms with Crippen molar-refractivity contribution in [1.29, 1.82) is 0 Å². The number of amides is 1. The summed E-state index contributed by atoms with van der Waals surface area (Å²) in [7, 11) is 3.67. The highest BCUT2D eigenvalue weighted by Crippen LogP contribution is 2.16. The number of nitrogens with zero attached hydrogens (tertiary/aromatic N) is 3. The Labute approximate surface area is 125 Å². The van der Waals surface area contributed by atoms with Gasteiger partial charge in [0.1, 0.15) is 5.75 Å². The lowest BCUT2D eigenvalue weighted by atomic mass is 10.1. The molecule has 0 fully saturated rings. The number of aromatic nitrogens is 2. The van der Waals surface area contributed by atoms with Crippen LogP contribution in [0, 0.1) is 6.92 Å². The third kappa shape index (κ3) is 3.62. The summed E-state index contributed by atoms with van der Waals surface area (Å²) in [5, 5.41) is 4.29. The molecule has 0 aliphatic carbocycles. The highest BCUT2D eigenvalue weighted by molar-refractivity contribution is 5.94. The molecule has 2 aromatic rings. The average Bonchev–Trinajstić information content (AvgIpc) is 2.76. The lowest BCUT2D eigenvalue weighted by Crippen LogP contribution is -2.26. The molecule has 1 heterocycles. The molecule has 21 heavy (non-hydrogen) atoms. The van der Waals surface area contributed by atoms with E-state index in [9.17, 15) is 4.79 Å². The average molecular weight is 287 g/mol. The van der Waals surface area contributed by atoms with Gasteiger partial charge in [0.25, 0.3) is 5.91 Å². The summed E-state index contributed by atoms with van der Waals surface area (Å²) >= 11 is 0. The van der Waals surface area contributed by atoms with Crippen molar-refractivity contribution in [3.05, 3.63) is 47.3 Å². The van der Waals surface area contributed by atoms with Gasteiger partial charge in [0.2, 0.25) is 0 Å². The third-order valence-electron chi connectivity index (χ3n) is 3.26.